The Morgan fingerprint density at radius 3 is 1.54 bits per heavy atom. The van der Waals surface area contributed by atoms with Gasteiger partial charge in [-0.2, -0.15) is 0 Å². The number of aryl methyl sites for hydroxylation is 2. The molecule has 0 radical (unpaired) electrons. The second-order valence-corrected chi connectivity index (χ2v) is 15.0. The number of aromatic nitrogens is 2. The number of rotatable bonds is 8. The zero-order valence-electron chi connectivity index (χ0n) is 36.4. The van der Waals surface area contributed by atoms with Crippen LogP contribution in [0.5, 0.6) is 0 Å². The van der Waals surface area contributed by atoms with Crippen LogP contribution in [-0.4, -0.2) is 59.9 Å². The lowest BCUT2D eigenvalue weighted by molar-refractivity contribution is -0.671. The van der Waals surface area contributed by atoms with E-state index in [0.717, 1.165) is 28.5 Å². The monoisotopic (exact) mass is 923 g/mol. The molecule has 0 fully saturated rings. The van der Waals surface area contributed by atoms with E-state index >= 15 is 0 Å². The second kappa shape index (κ2) is 22.3. The van der Waals surface area contributed by atoms with E-state index in [1.807, 2.05) is 84.4 Å². The number of benzene rings is 2. The summed E-state index contributed by atoms with van der Waals surface area (Å²) < 4.78 is 8.80. The van der Waals surface area contributed by atoms with Gasteiger partial charge in [0.2, 0.25) is 0 Å². The van der Waals surface area contributed by atoms with Crippen LogP contribution >= 0.6 is 0 Å². The molecule has 0 spiro atoms. The molecule has 15 N–H and O–H groups in total. The van der Waals surface area contributed by atoms with Gasteiger partial charge in [0.1, 0.15) is 31.6 Å². The molecule has 348 valence electrons. The Morgan fingerprint density at radius 2 is 1.12 bits per heavy atom. The number of carbonyl (C=O) groups is 4. The fraction of sp³-hybridized carbons (Fsp3) is 0.174. The van der Waals surface area contributed by atoms with Gasteiger partial charge in [0.25, 0.3) is 11.9 Å². The zero-order valence-corrected chi connectivity index (χ0v) is 36.4. The van der Waals surface area contributed by atoms with E-state index in [2.05, 4.69) is 49.0 Å². The van der Waals surface area contributed by atoms with Gasteiger partial charge < -0.3 is 84.1 Å². The van der Waals surface area contributed by atoms with E-state index < -0.39 is 47.9 Å². The maximum absolute atomic E-state index is 11.4. The van der Waals surface area contributed by atoms with Crippen LogP contribution < -0.4 is 79.3 Å². The summed E-state index contributed by atoms with van der Waals surface area (Å²) in [6.07, 6.45) is 8.16. The number of guanidine groups is 4. The van der Waals surface area contributed by atoms with Crippen LogP contribution in [0.15, 0.2) is 119 Å². The molecule has 0 aliphatic carbocycles. The number of carboxylic acid groups (broad SMARTS) is 4. The molecule has 68 heavy (non-hydrogen) atoms. The van der Waals surface area contributed by atoms with Crippen molar-refractivity contribution in [1.82, 2.24) is 5.32 Å². The predicted octanol–water partition coefficient (Wildman–Crippen LogP) is -9.19. The summed E-state index contributed by atoms with van der Waals surface area (Å²) in [5.74, 6) is 2.58. The van der Waals surface area contributed by atoms with Crippen LogP contribution in [0.2, 0.25) is 0 Å². The summed E-state index contributed by atoms with van der Waals surface area (Å²) in [5.41, 5.74) is 39.2. The van der Waals surface area contributed by atoms with Crippen molar-refractivity contribution in [1.29, 1.82) is 0 Å². The van der Waals surface area contributed by atoms with E-state index in [4.69, 9.17) is 39.1 Å². The highest BCUT2D eigenvalue weighted by atomic mass is 16.5. The van der Waals surface area contributed by atoms with Gasteiger partial charge >= 0.3 is 11.9 Å². The molecule has 0 unspecified atom stereocenters. The first kappa shape index (κ1) is 49.3. The van der Waals surface area contributed by atoms with E-state index in [1.165, 1.54) is 6.20 Å². The van der Waals surface area contributed by atoms with Crippen molar-refractivity contribution in [2.24, 2.45) is 70.3 Å². The summed E-state index contributed by atoms with van der Waals surface area (Å²) in [4.78, 5) is 58.5. The number of aliphatic imine (C=N–C) groups is 2. The van der Waals surface area contributed by atoms with Gasteiger partial charge in [-0.25, -0.2) is 19.1 Å². The summed E-state index contributed by atoms with van der Waals surface area (Å²) in [6, 6.07) is 16.7. The van der Waals surface area contributed by atoms with Crippen molar-refractivity contribution < 1.29 is 63.5 Å². The van der Waals surface area contributed by atoms with Crippen molar-refractivity contribution in [2.45, 2.75) is 25.0 Å². The maximum Gasteiger partial charge on any atom is 0.316 e. The lowest BCUT2D eigenvalue weighted by Gasteiger charge is -2.32. The van der Waals surface area contributed by atoms with Gasteiger partial charge in [-0.3, -0.25) is 0 Å². The minimum absolute atomic E-state index is 0.0120. The molecule has 4 atom stereocenters. The highest BCUT2D eigenvalue weighted by Crippen LogP contribution is 2.29. The highest BCUT2D eigenvalue weighted by Gasteiger charge is 2.30. The van der Waals surface area contributed by atoms with Crippen LogP contribution in [0.3, 0.4) is 0 Å². The molecule has 4 heterocycles. The van der Waals surface area contributed by atoms with Gasteiger partial charge in [-0.15, -0.1) is 9.98 Å². The van der Waals surface area contributed by atoms with Crippen LogP contribution in [0.4, 0.5) is 11.4 Å². The molecule has 22 nitrogen and oxygen atoms in total. The van der Waals surface area contributed by atoms with Gasteiger partial charge in [0.05, 0.1) is 24.2 Å². The average molecular weight is 924 g/mol. The molecule has 0 amide bonds. The van der Waals surface area contributed by atoms with Crippen LogP contribution in [0.25, 0.3) is 22.3 Å². The number of ether oxygens (including phenoxy) is 1. The third kappa shape index (κ3) is 13.7. The fourth-order valence-corrected chi connectivity index (χ4v) is 6.74. The first-order chi connectivity index (χ1) is 32.3. The van der Waals surface area contributed by atoms with Crippen molar-refractivity contribution in [3.8, 4) is 45.9 Å². The summed E-state index contributed by atoms with van der Waals surface area (Å²) >= 11 is 0. The van der Waals surface area contributed by atoms with Gasteiger partial charge in [-0.05, 0) is 61.4 Å². The fourth-order valence-electron chi connectivity index (χ4n) is 6.74. The lowest BCUT2D eigenvalue weighted by Crippen LogP contribution is -2.84. The third-order valence-corrected chi connectivity index (χ3v) is 9.80. The Labute approximate surface area is 388 Å². The summed E-state index contributed by atoms with van der Waals surface area (Å²) in [7, 11) is 3.77. The number of carboxylic acids is 4. The number of aliphatic carboxylic acids is 4. The smallest absolute Gasteiger partial charge is 0.316 e. The molecular formula is C46H45N13O9. The largest absolute Gasteiger partial charge is 0.550 e. The highest BCUT2D eigenvalue weighted by molar-refractivity contribution is 5.84. The normalized spacial score (nSPS) is 17.4. The molecule has 0 saturated heterocycles. The first-order valence-corrected chi connectivity index (χ1v) is 20.1. The number of carbonyl (C=O) groups excluding carboxylic acids is 4. The van der Waals surface area contributed by atoms with Crippen molar-refractivity contribution in [3.05, 3.63) is 120 Å². The molecule has 2 aromatic heterocycles. The standard InChI is InChI=1S/C23H23N7O4.C23H22N6O5/c1-30-8-2-3-15(12-30)17-7-6-16(28-23(26)29-22(24)25)10-14(17)5-4-13-9-18(20(31)32)19(21(33)34)27-11-13;1-29-8-2-3-15(11-29)17-7-6-16(27-23(26)28-22(24)25)10-14(17)5-4-13-9-18(20(30)31)19(21(32)33)34-12-13/h2-3,6-8,10-12,18-19,27H,9H2,1H3,(H7-,24,25,26,28,29,31,32,33,34);2-3,6-8,10-12,18-19H,9H2,1H3,(H7-,24,25,26,27,28,30,31,32,33)/t2*18-,19+/m11/s1. The van der Waals surface area contributed by atoms with E-state index in [9.17, 15) is 39.6 Å². The number of hydrogen-bond acceptors (Lipinski definition) is 12. The Bertz CT molecular complexity index is 2770. The quantitative estimate of drug-likeness (QED) is 0.0343. The lowest BCUT2D eigenvalue weighted by atomic mass is 9.89. The molecule has 2 aliphatic rings. The Kier molecular flexibility index (Phi) is 16.2. The Balaban J connectivity index is 0.000000254. The molecule has 2 aromatic carbocycles. The number of nitrogens with zero attached hydrogens (tertiary/aromatic N) is 4. The molecule has 0 bridgehead atoms. The topological polar surface area (TPSA) is 398 Å². The van der Waals surface area contributed by atoms with E-state index in [-0.39, 0.29) is 42.3 Å². The number of nitrogens with one attached hydrogen (secondary N) is 3. The molecular weight excluding hydrogens is 879 g/mol. The van der Waals surface area contributed by atoms with Crippen molar-refractivity contribution >= 4 is 59.1 Å². The number of allylic oxidation sites excluding steroid dienone is 2. The first-order valence-electron chi connectivity index (χ1n) is 20.1. The van der Waals surface area contributed by atoms with Crippen LogP contribution in [0, 0.1) is 35.5 Å². The maximum atomic E-state index is 11.4. The van der Waals surface area contributed by atoms with Gasteiger partial charge in [0, 0.05) is 86.6 Å². The van der Waals surface area contributed by atoms with E-state index in [1.54, 1.807) is 24.3 Å². The molecule has 22 heteroatoms. The SMILES string of the molecule is C[n+]1cccc(-c2ccc(N=C(N)[NH+]=C(N)N)cc2C#CC2=CN[C@H](C(=O)[O-])[C@H](C(=O)[O-])C2)c1.C[n+]1cccc(-c2ccc(N=C(N)[NH+]=C(N)N)cc2C#CC2=CO[C@H](C(=O)[O-])[C@H](C(=O)[O-])C2)c1. The number of nitrogens with two attached hydrogens (primary N) is 6. The number of pyridine rings is 2. The predicted molar refractivity (Wildman–Crippen MR) is 235 cm³/mol. The molecule has 4 aromatic rings. The third-order valence-electron chi connectivity index (χ3n) is 9.80. The van der Waals surface area contributed by atoms with Crippen molar-refractivity contribution in [3.63, 3.8) is 0 Å². The average Bonchev–Trinajstić information content (AvgIpc) is 3.27. The summed E-state index contributed by atoms with van der Waals surface area (Å²) in [6.45, 7) is 0. The molecule has 6 rings (SSSR count). The number of hydrogen-bond donors (Lipinski definition) is 9. The van der Waals surface area contributed by atoms with Crippen LogP contribution in [-0.2, 0) is 38.0 Å². The molecule has 0 saturated carbocycles. The second-order valence-electron chi connectivity index (χ2n) is 15.0. The Morgan fingerprint density at radius 1 is 0.647 bits per heavy atom. The zero-order chi connectivity index (χ0) is 49.7. The Hall–Kier alpha value is -9.70. The van der Waals surface area contributed by atoms with Crippen molar-refractivity contribution in [2.75, 3.05) is 0 Å². The minimum Gasteiger partial charge on any atom is -0.550 e. The molecule has 2 aliphatic heterocycles. The van der Waals surface area contributed by atoms with Gasteiger partial charge in [0.15, 0.2) is 24.8 Å². The van der Waals surface area contributed by atoms with Crippen LogP contribution in [0.1, 0.15) is 24.0 Å². The summed E-state index contributed by atoms with van der Waals surface area (Å²) in [5, 5.41) is 47.6. The van der Waals surface area contributed by atoms with Gasteiger partial charge in [-0.1, -0.05) is 23.7 Å². The van der Waals surface area contributed by atoms with E-state index in [0.29, 0.717) is 28.1 Å². The minimum atomic E-state index is -1.64.